The summed E-state index contributed by atoms with van der Waals surface area (Å²) in [6.07, 6.45) is 4.22. The molecule has 0 radical (unpaired) electrons. The fraction of sp³-hybridized carbons (Fsp3) is 0.500. The molecule has 1 aliphatic heterocycles. The van der Waals surface area contributed by atoms with Crippen LogP contribution in [-0.4, -0.2) is 33.7 Å². The molecule has 0 aromatic carbocycles. The van der Waals surface area contributed by atoms with Gasteiger partial charge in [0, 0.05) is 25.3 Å². The predicted molar refractivity (Wildman–Crippen MR) is 67.1 cm³/mol. The van der Waals surface area contributed by atoms with Crippen molar-refractivity contribution in [2.24, 2.45) is 5.73 Å². The largest absolute Gasteiger partial charge is 0.338 e. The van der Waals surface area contributed by atoms with Crippen molar-refractivity contribution in [1.82, 2.24) is 14.6 Å². The molecular weight excluding hydrogens is 214 g/mol. The summed E-state index contributed by atoms with van der Waals surface area (Å²) in [7, 11) is 0. The number of pyridine rings is 1. The SMILES string of the molecule is Cc1ccc2nc(N3CCCC(N)C3)nn2c1. The number of nitrogens with two attached hydrogens (primary N) is 1. The minimum absolute atomic E-state index is 0.247. The highest BCUT2D eigenvalue weighted by atomic mass is 15.4. The van der Waals surface area contributed by atoms with Crippen LogP contribution in [0.1, 0.15) is 18.4 Å². The van der Waals surface area contributed by atoms with Crippen LogP contribution in [0.3, 0.4) is 0 Å². The average molecular weight is 231 g/mol. The van der Waals surface area contributed by atoms with Crippen molar-refractivity contribution in [2.75, 3.05) is 18.0 Å². The van der Waals surface area contributed by atoms with Gasteiger partial charge in [-0.2, -0.15) is 4.98 Å². The molecule has 1 atom stereocenters. The summed E-state index contributed by atoms with van der Waals surface area (Å²) >= 11 is 0. The number of piperidine rings is 1. The van der Waals surface area contributed by atoms with E-state index in [1.807, 2.05) is 16.8 Å². The van der Waals surface area contributed by atoms with Gasteiger partial charge in [-0.1, -0.05) is 6.07 Å². The zero-order valence-corrected chi connectivity index (χ0v) is 10.0. The number of nitrogens with zero attached hydrogens (tertiary/aromatic N) is 4. The van der Waals surface area contributed by atoms with Crippen LogP contribution in [0.5, 0.6) is 0 Å². The van der Waals surface area contributed by atoms with Crippen LogP contribution >= 0.6 is 0 Å². The van der Waals surface area contributed by atoms with Crippen LogP contribution in [0.15, 0.2) is 18.3 Å². The van der Waals surface area contributed by atoms with E-state index in [1.165, 1.54) is 5.56 Å². The van der Waals surface area contributed by atoms with E-state index in [4.69, 9.17) is 5.73 Å². The van der Waals surface area contributed by atoms with Crippen LogP contribution in [-0.2, 0) is 0 Å². The lowest BCUT2D eigenvalue weighted by atomic mass is 10.1. The molecule has 2 N–H and O–H groups in total. The Morgan fingerprint density at radius 3 is 3.12 bits per heavy atom. The number of anilines is 1. The first-order valence-electron chi connectivity index (χ1n) is 6.06. The first-order valence-corrected chi connectivity index (χ1v) is 6.06. The van der Waals surface area contributed by atoms with Crippen molar-refractivity contribution in [3.05, 3.63) is 23.9 Å². The zero-order chi connectivity index (χ0) is 11.8. The smallest absolute Gasteiger partial charge is 0.245 e. The molecule has 5 heteroatoms. The van der Waals surface area contributed by atoms with E-state index in [-0.39, 0.29) is 6.04 Å². The van der Waals surface area contributed by atoms with Gasteiger partial charge in [0.15, 0.2) is 5.65 Å². The fourth-order valence-corrected chi connectivity index (χ4v) is 2.30. The second kappa shape index (κ2) is 4.00. The Labute approximate surface area is 100 Å². The van der Waals surface area contributed by atoms with E-state index in [0.29, 0.717) is 0 Å². The van der Waals surface area contributed by atoms with Crippen LogP contribution in [0.25, 0.3) is 5.65 Å². The number of hydrogen-bond acceptors (Lipinski definition) is 4. The lowest BCUT2D eigenvalue weighted by Crippen LogP contribution is -2.43. The standard InChI is InChI=1S/C12H17N5/c1-9-4-5-11-14-12(15-17(11)7-9)16-6-2-3-10(13)8-16/h4-5,7,10H,2-3,6,8,13H2,1H3. The van der Waals surface area contributed by atoms with Crippen molar-refractivity contribution in [3.8, 4) is 0 Å². The molecular formula is C12H17N5. The van der Waals surface area contributed by atoms with E-state index in [0.717, 1.165) is 37.5 Å². The summed E-state index contributed by atoms with van der Waals surface area (Å²) in [6, 6.07) is 4.29. The Hall–Kier alpha value is -1.62. The maximum atomic E-state index is 5.98. The molecule has 2 aromatic heterocycles. The third kappa shape index (κ3) is 1.98. The van der Waals surface area contributed by atoms with Gasteiger partial charge in [-0.15, -0.1) is 5.10 Å². The molecule has 0 spiro atoms. The second-order valence-electron chi connectivity index (χ2n) is 4.77. The molecule has 1 unspecified atom stereocenters. The summed E-state index contributed by atoms with van der Waals surface area (Å²) < 4.78 is 1.84. The van der Waals surface area contributed by atoms with E-state index in [1.54, 1.807) is 0 Å². The summed E-state index contributed by atoms with van der Waals surface area (Å²) in [5, 5.41) is 4.51. The molecule has 5 nitrogen and oxygen atoms in total. The predicted octanol–water partition coefficient (Wildman–Crippen LogP) is 0.965. The summed E-state index contributed by atoms with van der Waals surface area (Å²) in [6.45, 7) is 3.91. The van der Waals surface area contributed by atoms with E-state index < -0.39 is 0 Å². The summed E-state index contributed by atoms with van der Waals surface area (Å²) in [4.78, 5) is 6.71. The first kappa shape index (κ1) is 10.5. The second-order valence-corrected chi connectivity index (χ2v) is 4.77. The first-order chi connectivity index (χ1) is 8.22. The normalized spacial score (nSPS) is 21.1. The van der Waals surface area contributed by atoms with Crippen molar-refractivity contribution >= 4 is 11.6 Å². The monoisotopic (exact) mass is 231 g/mol. The molecule has 3 rings (SSSR count). The zero-order valence-electron chi connectivity index (χ0n) is 10.0. The number of fused-ring (bicyclic) bond motifs is 1. The van der Waals surface area contributed by atoms with Crippen molar-refractivity contribution < 1.29 is 0 Å². The van der Waals surface area contributed by atoms with E-state index >= 15 is 0 Å². The minimum atomic E-state index is 0.247. The van der Waals surface area contributed by atoms with Crippen molar-refractivity contribution in [3.63, 3.8) is 0 Å². The van der Waals surface area contributed by atoms with Crippen LogP contribution in [0.4, 0.5) is 5.95 Å². The van der Waals surface area contributed by atoms with Gasteiger partial charge in [-0.3, -0.25) is 0 Å². The fourth-order valence-electron chi connectivity index (χ4n) is 2.30. The summed E-state index contributed by atoms with van der Waals surface area (Å²) in [5.74, 6) is 0.797. The lowest BCUT2D eigenvalue weighted by molar-refractivity contribution is 0.500. The molecule has 0 saturated carbocycles. The van der Waals surface area contributed by atoms with Crippen LogP contribution < -0.4 is 10.6 Å². The third-order valence-electron chi connectivity index (χ3n) is 3.21. The highest BCUT2D eigenvalue weighted by Crippen LogP contribution is 2.16. The molecule has 1 aliphatic rings. The molecule has 0 amide bonds. The number of aromatic nitrogens is 3. The minimum Gasteiger partial charge on any atom is -0.338 e. The topological polar surface area (TPSA) is 59.5 Å². The Morgan fingerprint density at radius 2 is 2.29 bits per heavy atom. The average Bonchev–Trinajstić information content (AvgIpc) is 2.72. The molecule has 2 aromatic rings. The van der Waals surface area contributed by atoms with Gasteiger partial charge in [0.2, 0.25) is 5.95 Å². The Balaban J connectivity index is 1.94. The molecule has 90 valence electrons. The van der Waals surface area contributed by atoms with E-state index in [2.05, 4.69) is 28.0 Å². The maximum Gasteiger partial charge on any atom is 0.245 e. The quantitative estimate of drug-likeness (QED) is 0.794. The van der Waals surface area contributed by atoms with Crippen LogP contribution in [0, 0.1) is 6.92 Å². The molecule has 17 heavy (non-hydrogen) atoms. The molecule has 1 fully saturated rings. The van der Waals surface area contributed by atoms with Gasteiger partial charge < -0.3 is 10.6 Å². The highest BCUT2D eigenvalue weighted by Gasteiger charge is 2.20. The van der Waals surface area contributed by atoms with Gasteiger partial charge >= 0.3 is 0 Å². The van der Waals surface area contributed by atoms with Crippen LogP contribution in [0.2, 0.25) is 0 Å². The Bertz CT molecular complexity index is 533. The Kier molecular flexibility index (Phi) is 2.48. The molecule has 1 saturated heterocycles. The lowest BCUT2D eigenvalue weighted by Gasteiger charge is -2.29. The summed E-state index contributed by atoms with van der Waals surface area (Å²) in [5.41, 5.74) is 8.05. The number of rotatable bonds is 1. The van der Waals surface area contributed by atoms with E-state index in [9.17, 15) is 0 Å². The van der Waals surface area contributed by atoms with Gasteiger partial charge in [-0.05, 0) is 31.4 Å². The third-order valence-corrected chi connectivity index (χ3v) is 3.21. The molecule has 0 aliphatic carbocycles. The van der Waals surface area contributed by atoms with Crippen molar-refractivity contribution in [1.29, 1.82) is 0 Å². The van der Waals surface area contributed by atoms with Gasteiger partial charge in [-0.25, -0.2) is 4.52 Å². The number of aryl methyl sites for hydroxylation is 1. The Morgan fingerprint density at radius 1 is 1.41 bits per heavy atom. The molecule has 0 bridgehead atoms. The van der Waals surface area contributed by atoms with Gasteiger partial charge in [0.1, 0.15) is 0 Å². The highest BCUT2D eigenvalue weighted by molar-refractivity contribution is 5.45. The van der Waals surface area contributed by atoms with Crippen molar-refractivity contribution in [2.45, 2.75) is 25.8 Å². The van der Waals surface area contributed by atoms with Gasteiger partial charge in [0.25, 0.3) is 0 Å². The maximum absolute atomic E-state index is 5.98. The van der Waals surface area contributed by atoms with Gasteiger partial charge in [0.05, 0.1) is 0 Å². The molecule has 3 heterocycles. The number of hydrogen-bond donors (Lipinski definition) is 1.